The van der Waals surface area contributed by atoms with Gasteiger partial charge in [-0.3, -0.25) is 0 Å². The molecule has 0 aliphatic carbocycles. The van der Waals surface area contributed by atoms with Gasteiger partial charge >= 0.3 is 0 Å². The van der Waals surface area contributed by atoms with Crippen LogP contribution in [-0.4, -0.2) is 32.1 Å². The number of rotatable bonds is 4. The van der Waals surface area contributed by atoms with Gasteiger partial charge in [-0.05, 0) is 51.6 Å². The Balaban J connectivity index is 3.09. The predicted molar refractivity (Wildman–Crippen MR) is 71.0 cm³/mol. The van der Waals surface area contributed by atoms with Crippen molar-refractivity contribution >= 4 is 0 Å². The Morgan fingerprint density at radius 1 is 1.12 bits per heavy atom. The summed E-state index contributed by atoms with van der Waals surface area (Å²) in [5.74, 6) is 0.440. The van der Waals surface area contributed by atoms with E-state index in [0.717, 1.165) is 6.54 Å². The zero-order valence-electron chi connectivity index (χ0n) is 11.2. The van der Waals surface area contributed by atoms with E-state index in [1.54, 1.807) is 0 Å². The van der Waals surface area contributed by atoms with Crippen LogP contribution in [0.25, 0.3) is 0 Å². The summed E-state index contributed by atoms with van der Waals surface area (Å²) >= 11 is 0. The number of benzene rings is 1. The summed E-state index contributed by atoms with van der Waals surface area (Å²) in [5, 5.41) is 0. The minimum atomic E-state index is 0.440. The molecule has 1 aromatic rings. The summed E-state index contributed by atoms with van der Waals surface area (Å²) in [4.78, 5) is 2.20. The smallest absolute Gasteiger partial charge is 0.00938 e. The molecule has 0 saturated heterocycles. The molecular formula is C14H24N2. The Kier molecular flexibility index (Phi) is 4.51. The van der Waals surface area contributed by atoms with Crippen LogP contribution in [0.3, 0.4) is 0 Å². The van der Waals surface area contributed by atoms with Gasteiger partial charge in [-0.15, -0.1) is 0 Å². The summed E-state index contributed by atoms with van der Waals surface area (Å²) in [6.45, 7) is 8.25. The lowest BCUT2D eigenvalue weighted by Gasteiger charge is -2.24. The summed E-state index contributed by atoms with van der Waals surface area (Å²) in [6.07, 6.45) is 0. The Hall–Kier alpha value is -0.860. The van der Waals surface area contributed by atoms with E-state index in [1.807, 2.05) is 0 Å². The van der Waals surface area contributed by atoms with E-state index >= 15 is 0 Å². The molecule has 0 aromatic heterocycles. The molecule has 2 N–H and O–H groups in total. The van der Waals surface area contributed by atoms with E-state index in [2.05, 4.69) is 51.9 Å². The van der Waals surface area contributed by atoms with Gasteiger partial charge in [0.1, 0.15) is 0 Å². The maximum Gasteiger partial charge on any atom is 0.00938 e. The number of aryl methyl sites for hydroxylation is 3. The summed E-state index contributed by atoms with van der Waals surface area (Å²) < 4.78 is 0. The highest BCUT2D eigenvalue weighted by Crippen LogP contribution is 2.25. The Labute approximate surface area is 99.5 Å². The fourth-order valence-corrected chi connectivity index (χ4v) is 2.56. The minimum absolute atomic E-state index is 0.440. The third kappa shape index (κ3) is 3.06. The van der Waals surface area contributed by atoms with Crippen LogP contribution in [0.15, 0.2) is 12.1 Å². The first-order valence-corrected chi connectivity index (χ1v) is 5.88. The summed E-state index contributed by atoms with van der Waals surface area (Å²) in [6, 6.07) is 4.50. The van der Waals surface area contributed by atoms with Crippen LogP contribution in [0.4, 0.5) is 0 Å². The first-order valence-electron chi connectivity index (χ1n) is 5.88. The lowest BCUT2D eigenvalue weighted by atomic mass is 9.89. The number of nitrogens with zero attached hydrogens (tertiary/aromatic N) is 1. The van der Waals surface area contributed by atoms with E-state index < -0.39 is 0 Å². The standard InChI is InChI=1S/C14H24N2/c1-10-6-11(2)14(12(3)7-10)13(8-15)9-16(4)5/h6-7,13H,8-9,15H2,1-5H3. The van der Waals surface area contributed by atoms with E-state index in [1.165, 1.54) is 22.3 Å². The molecule has 0 spiro atoms. The van der Waals surface area contributed by atoms with E-state index in [9.17, 15) is 0 Å². The number of hydrogen-bond donors (Lipinski definition) is 1. The molecule has 0 saturated carbocycles. The van der Waals surface area contributed by atoms with E-state index in [-0.39, 0.29) is 0 Å². The molecule has 0 aliphatic heterocycles. The molecule has 0 heterocycles. The molecule has 0 radical (unpaired) electrons. The van der Waals surface area contributed by atoms with Crippen LogP contribution in [0, 0.1) is 20.8 Å². The van der Waals surface area contributed by atoms with Crippen molar-refractivity contribution in [2.24, 2.45) is 5.73 Å². The van der Waals surface area contributed by atoms with Crippen molar-refractivity contribution in [2.45, 2.75) is 26.7 Å². The van der Waals surface area contributed by atoms with Crippen LogP contribution in [0.2, 0.25) is 0 Å². The predicted octanol–water partition coefficient (Wildman–Crippen LogP) is 2.22. The van der Waals surface area contributed by atoms with Crippen molar-refractivity contribution in [3.05, 3.63) is 34.4 Å². The number of nitrogens with two attached hydrogens (primary N) is 1. The second-order valence-corrected chi connectivity index (χ2v) is 5.01. The monoisotopic (exact) mass is 220 g/mol. The third-order valence-corrected chi connectivity index (χ3v) is 3.02. The second-order valence-electron chi connectivity index (χ2n) is 5.01. The molecule has 0 amide bonds. The highest BCUT2D eigenvalue weighted by molar-refractivity contribution is 5.40. The van der Waals surface area contributed by atoms with Crippen molar-refractivity contribution in [1.29, 1.82) is 0 Å². The largest absolute Gasteiger partial charge is 0.330 e. The van der Waals surface area contributed by atoms with Crippen molar-refractivity contribution < 1.29 is 0 Å². The third-order valence-electron chi connectivity index (χ3n) is 3.02. The Morgan fingerprint density at radius 3 is 2.00 bits per heavy atom. The molecule has 0 aliphatic rings. The summed E-state index contributed by atoms with van der Waals surface area (Å²) in [5.41, 5.74) is 11.4. The van der Waals surface area contributed by atoms with Gasteiger partial charge in [-0.25, -0.2) is 0 Å². The van der Waals surface area contributed by atoms with Crippen molar-refractivity contribution in [3.63, 3.8) is 0 Å². The molecule has 1 aromatic carbocycles. The molecule has 0 fully saturated rings. The maximum atomic E-state index is 5.90. The Morgan fingerprint density at radius 2 is 1.62 bits per heavy atom. The second kappa shape index (κ2) is 5.46. The topological polar surface area (TPSA) is 29.3 Å². The number of likely N-dealkylation sites (N-methyl/N-ethyl adjacent to an activating group) is 1. The van der Waals surface area contributed by atoms with Gasteiger partial charge in [-0.2, -0.15) is 0 Å². The van der Waals surface area contributed by atoms with Crippen LogP contribution >= 0.6 is 0 Å². The molecule has 16 heavy (non-hydrogen) atoms. The van der Waals surface area contributed by atoms with Crippen LogP contribution in [0.1, 0.15) is 28.2 Å². The molecule has 0 bridgehead atoms. The average molecular weight is 220 g/mol. The van der Waals surface area contributed by atoms with Crippen LogP contribution in [0.5, 0.6) is 0 Å². The molecule has 1 atom stereocenters. The highest BCUT2D eigenvalue weighted by atomic mass is 15.1. The van der Waals surface area contributed by atoms with Crippen molar-refractivity contribution in [1.82, 2.24) is 4.90 Å². The molecule has 1 rings (SSSR count). The summed E-state index contributed by atoms with van der Waals surface area (Å²) in [7, 11) is 4.20. The quantitative estimate of drug-likeness (QED) is 0.843. The van der Waals surface area contributed by atoms with Gasteiger partial charge in [0.15, 0.2) is 0 Å². The zero-order valence-corrected chi connectivity index (χ0v) is 11.2. The SMILES string of the molecule is Cc1cc(C)c(C(CN)CN(C)C)c(C)c1. The molecule has 90 valence electrons. The lowest BCUT2D eigenvalue weighted by molar-refractivity contribution is 0.374. The fraction of sp³-hybridized carbons (Fsp3) is 0.571. The molecule has 1 unspecified atom stereocenters. The van der Waals surface area contributed by atoms with Gasteiger partial charge in [-0.1, -0.05) is 17.7 Å². The Bertz CT molecular complexity index is 333. The molecular weight excluding hydrogens is 196 g/mol. The first-order chi connectivity index (χ1) is 7.45. The molecule has 2 heteroatoms. The highest BCUT2D eigenvalue weighted by Gasteiger charge is 2.15. The van der Waals surface area contributed by atoms with Gasteiger partial charge in [0.25, 0.3) is 0 Å². The van der Waals surface area contributed by atoms with Gasteiger partial charge < -0.3 is 10.6 Å². The van der Waals surface area contributed by atoms with Gasteiger partial charge in [0.05, 0.1) is 0 Å². The van der Waals surface area contributed by atoms with Crippen molar-refractivity contribution in [2.75, 3.05) is 27.2 Å². The van der Waals surface area contributed by atoms with Crippen LogP contribution in [-0.2, 0) is 0 Å². The molecule has 2 nitrogen and oxygen atoms in total. The normalized spacial score (nSPS) is 13.2. The minimum Gasteiger partial charge on any atom is -0.330 e. The van der Waals surface area contributed by atoms with Gasteiger partial charge in [0.2, 0.25) is 0 Å². The maximum absolute atomic E-state index is 5.90. The average Bonchev–Trinajstić information content (AvgIpc) is 2.13. The first kappa shape index (κ1) is 13.2. The lowest BCUT2D eigenvalue weighted by Crippen LogP contribution is -2.27. The fourth-order valence-electron chi connectivity index (χ4n) is 2.56. The number of hydrogen-bond acceptors (Lipinski definition) is 2. The zero-order chi connectivity index (χ0) is 12.3. The van der Waals surface area contributed by atoms with Gasteiger partial charge in [0, 0.05) is 19.0 Å². The van der Waals surface area contributed by atoms with Crippen LogP contribution < -0.4 is 5.73 Å². The van der Waals surface area contributed by atoms with E-state index in [0.29, 0.717) is 12.5 Å². The van der Waals surface area contributed by atoms with Crippen molar-refractivity contribution in [3.8, 4) is 0 Å². The van der Waals surface area contributed by atoms with E-state index in [4.69, 9.17) is 5.73 Å².